The molecule has 13 heavy (non-hydrogen) atoms. The van der Waals surface area contributed by atoms with Crippen molar-refractivity contribution in [3.8, 4) is 0 Å². The minimum atomic E-state index is -0.116. The third kappa shape index (κ3) is 1.93. The third-order valence-corrected chi connectivity index (χ3v) is 3.39. The Kier molecular flexibility index (Phi) is 3.48. The van der Waals surface area contributed by atoms with E-state index in [1.165, 1.54) is 6.42 Å². The fourth-order valence-electron chi connectivity index (χ4n) is 2.24. The van der Waals surface area contributed by atoms with Gasteiger partial charge in [0.1, 0.15) is 5.78 Å². The second-order valence-corrected chi connectivity index (χ2v) is 4.39. The maximum Gasteiger partial charge on any atom is 0.143 e. The minimum absolute atomic E-state index is 0.116. The number of Topliss-reactive ketones (excluding diaryl/α,β-unsaturated/α-hetero) is 1. The Hall–Kier alpha value is -0.370. The van der Waals surface area contributed by atoms with Crippen LogP contribution in [-0.2, 0) is 4.79 Å². The van der Waals surface area contributed by atoms with Crippen LogP contribution >= 0.6 is 0 Å². The summed E-state index contributed by atoms with van der Waals surface area (Å²) in [6.07, 6.45) is 5.34. The number of ketones is 1. The molecule has 2 heteroatoms. The molecule has 0 aromatic heterocycles. The number of hydrogen-bond donors (Lipinski definition) is 1. The van der Waals surface area contributed by atoms with Crippen molar-refractivity contribution in [3.05, 3.63) is 0 Å². The molecule has 1 fully saturated rings. The zero-order valence-corrected chi connectivity index (χ0v) is 8.81. The van der Waals surface area contributed by atoms with Crippen molar-refractivity contribution in [1.29, 1.82) is 0 Å². The number of carbonyl (C=O) groups is 1. The predicted molar refractivity (Wildman–Crippen MR) is 54.4 cm³/mol. The lowest BCUT2D eigenvalue weighted by Gasteiger charge is -2.41. The molecule has 0 aliphatic heterocycles. The molecule has 1 saturated carbocycles. The van der Waals surface area contributed by atoms with Crippen molar-refractivity contribution in [1.82, 2.24) is 0 Å². The van der Waals surface area contributed by atoms with E-state index < -0.39 is 0 Å². The highest BCUT2D eigenvalue weighted by molar-refractivity contribution is 5.87. The standard InChI is InChI=1S/C11H21NO/c1-3-5-9(2)10(13)11(8-12)6-4-7-11/h9H,3-8,12H2,1-2H3. The van der Waals surface area contributed by atoms with Crippen molar-refractivity contribution < 1.29 is 4.79 Å². The van der Waals surface area contributed by atoms with Gasteiger partial charge in [0.25, 0.3) is 0 Å². The average molecular weight is 183 g/mol. The first kappa shape index (κ1) is 10.7. The number of nitrogens with two attached hydrogens (primary N) is 1. The van der Waals surface area contributed by atoms with Crippen LogP contribution in [0.15, 0.2) is 0 Å². The summed E-state index contributed by atoms with van der Waals surface area (Å²) in [5, 5.41) is 0. The van der Waals surface area contributed by atoms with Crippen LogP contribution in [0.5, 0.6) is 0 Å². The van der Waals surface area contributed by atoms with Crippen LogP contribution in [0.2, 0.25) is 0 Å². The summed E-state index contributed by atoms with van der Waals surface area (Å²) < 4.78 is 0. The second kappa shape index (κ2) is 4.23. The van der Waals surface area contributed by atoms with Gasteiger partial charge in [-0.25, -0.2) is 0 Å². The Labute approximate surface area is 80.9 Å². The van der Waals surface area contributed by atoms with E-state index in [-0.39, 0.29) is 11.3 Å². The first-order valence-corrected chi connectivity index (χ1v) is 5.40. The van der Waals surface area contributed by atoms with Crippen molar-refractivity contribution in [2.45, 2.75) is 46.0 Å². The summed E-state index contributed by atoms with van der Waals surface area (Å²) in [5.74, 6) is 0.636. The molecule has 0 radical (unpaired) electrons. The molecule has 1 rings (SSSR count). The van der Waals surface area contributed by atoms with E-state index in [0.717, 1.165) is 25.7 Å². The predicted octanol–water partition coefficient (Wildman–Crippen LogP) is 2.12. The normalized spacial score (nSPS) is 22.1. The van der Waals surface area contributed by atoms with Crippen molar-refractivity contribution in [2.24, 2.45) is 17.1 Å². The average Bonchev–Trinajstić information content (AvgIpc) is 2.03. The first-order valence-electron chi connectivity index (χ1n) is 5.40. The Bertz CT molecular complexity index is 179. The van der Waals surface area contributed by atoms with E-state index in [1.807, 2.05) is 6.92 Å². The zero-order valence-electron chi connectivity index (χ0n) is 8.81. The fourth-order valence-corrected chi connectivity index (χ4v) is 2.24. The fraction of sp³-hybridized carbons (Fsp3) is 0.909. The van der Waals surface area contributed by atoms with E-state index in [4.69, 9.17) is 5.73 Å². The molecule has 0 aromatic rings. The van der Waals surface area contributed by atoms with Gasteiger partial charge in [0, 0.05) is 17.9 Å². The molecule has 1 unspecified atom stereocenters. The molecule has 1 atom stereocenters. The highest BCUT2D eigenvalue weighted by Crippen LogP contribution is 2.42. The summed E-state index contributed by atoms with van der Waals surface area (Å²) >= 11 is 0. The van der Waals surface area contributed by atoms with Crippen LogP contribution in [0, 0.1) is 11.3 Å². The molecule has 0 saturated heterocycles. The van der Waals surface area contributed by atoms with E-state index in [1.54, 1.807) is 0 Å². The Balaban J connectivity index is 2.54. The van der Waals surface area contributed by atoms with Crippen molar-refractivity contribution in [3.63, 3.8) is 0 Å². The summed E-state index contributed by atoms with van der Waals surface area (Å²) in [4.78, 5) is 12.0. The van der Waals surface area contributed by atoms with Gasteiger partial charge in [-0.1, -0.05) is 26.7 Å². The van der Waals surface area contributed by atoms with Crippen LogP contribution in [0.3, 0.4) is 0 Å². The summed E-state index contributed by atoms with van der Waals surface area (Å²) in [6, 6.07) is 0. The van der Waals surface area contributed by atoms with Gasteiger partial charge in [-0.05, 0) is 19.3 Å². The van der Waals surface area contributed by atoms with Gasteiger partial charge in [0.2, 0.25) is 0 Å². The highest BCUT2D eigenvalue weighted by Gasteiger charge is 2.43. The summed E-state index contributed by atoms with van der Waals surface area (Å²) in [6.45, 7) is 4.72. The Morgan fingerprint density at radius 1 is 1.54 bits per heavy atom. The van der Waals surface area contributed by atoms with Gasteiger partial charge < -0.3 is 5.73 Å². The van der Waals surface area contributed by atoms with E-state index in [0.29, 0.717) is 12.3 Å². The topological polar surface area (TPSA) is 43.1 Å². The number of hydrogen-bond acceptors (Lipinski definition) is 2. The van der Waals surface area contributed by atoms with Gasteiger partial charge in [-0.3, -0.25) is 4.79 Å². The van der Waals surface area contributed by atoms with Crippen molar-refractivity contribution >= 4 is 5.78 Å². The molecule has 1 aliphatic carbocycles. The van der Waals surface area contributed by atoms with Crippen LogP contribution in [0.1, 0.15) is 46.0 Å². The molecule has 0 amide bonds. The second-order valence-electron chi connectivity index (χ2n) is 4.39. The monoisotopic (exact) mass is 183 g/mol. The Morgan fingerprint density at radius 3 is 2.46 bits per heavy atom. The lowest BCUT2D eigenvalue weighted by Crippen LogP contribution is -2.46. The van der Waals surface area contributed by atoms with Gasteiger partial charge in [-0.15, -0.1) is 0 Å². The van der Waals surface area contributed by atoms with E-state index in [9.17, 15) is 4.79 Å². The molecule has 1 aliphatic rings. The molecule has 0 aromatic carbocycles. The number of rotatable bonds is 5. The molecule has 0 spiro atoms. The molecule has 0 bridgehead atoms. The molecule has 2 nitrogen and oxygen atoms in total. The van der Waals surface area contributed by atoms with Gasteiger partial charge in [-0.2, -0.15) is 0 Å². The van der Waals surface area contributed by atoms with Crippen LogP contribution in [-0.4, -0.2) is 12.3 Å². The molecular weight excluding hydrogens is 162 g/mol. The largest absolute Gasteiger partial charge is 0.329 e. The van der Waals surface area contributed by atoms with Gasteiger partial charge in [0.15, 0.2) is 0 Å². The van der Waals surface area contributed by atoms with E-state index in [2.05, 4.69) is 6.92 Å². The number of carbonyl (C=O) groups excluding carboxylic acids is 1. The Morgan fingerprint density at radius 2 is 2.15 bits per heavy atom. The quantitative estimate of drug-likeness (QED) is 0.709. The van der Waals surface area contributed by atoms with Crippen LogP contribution in [0.4, 0.5) is 0 Å². The van der Waals surface area contributed by atoms with Crippen molar-refractivity contribution in [2.75, 3.05) is 6.54 Å². The molecule has 76 valence electrons. The highest BCUT2D eigenvalue weighted by atomic mass is 16.1. The molecule has 2 N–H and O–H groups in total. The SMILES string of the molecule is CCCC(C)C(=O)C1(CN)CCC1. The summed E-state index contributed by atoms with van der Waals surface area (Å²) in [7, 11) is 0. The molecular formula is C11H21NO. The van der Waals surface area contributed by atoms with Crippen LogP contribution in [0.25, 0.3) is 0 Å². The molecule has 0 heterocycles. The smallest absolute Gasteiger partial charge is 0.143 e. The lowest BCUT2D eigenvalue weighted by atomic mass is 9.63. The van der Waals surface area contributed by atoms with E-state index >= 15 is 0 Å². The first-order chi connectivity index (χ1) is 6.16. The zero-order chi connectivity index (χ0) is 9.90. The lowest BCUT2D eigenvalue weighted by molar-refractivity contribution is -0.136. The van der Waals surface area contributed by atoms with Crippen LogP contribution < -0.4 is 5.73 Å². The van der Waals surface area contributed by atoms with Gasteiger partial charge >= 0.3 is 0 Å². The third-order valence-electron chi connectivity index (χ3n) is 3.39. The van der Waals surface area contributed by atoms with Gasteiger partial charge in [0.05, 0.1) is 0 Å². The maximum absolute atomic E-state index is 12.0. The summed E-state index contributed by atoms with van der Waals surface area (Å²) in [5.41, 5.74) is 5.57. The minimum Gasteiger partial charge on any atom is -0.329 e. The maximum atomic E-state index is 12.0.